The molecule has 3 nitrogen and oxygen atoms in total. The molecule has 1 atom stereocenters. The van der Waals surface area contributed by atoms with E-state index in [-0.39, 0.29) is 17.6 Å². The van der Waals surface area contributed by atoms with Gasteiger partial charge in [0.05, 0.1) is 5.52 Å². The number of pyridine rings is 1. The molecule has 1 N–H and O–H groups in total. The highest BCUT2D eigenvalue weighted by atomic mass is 19.1. The summed E-state index contributed by atoms with van der Waals surface area (Å²) in [5.74, 6) is 0.562. The maximum atomic E-state index is 13.8. The Morgan fingerprint density at radius 1 is 1.16 bits per heavy atom. The van der Waals surface area contributed by atoms with Gasteiger partial charge in [0.2, 0.25) is 5.91 Å². The lowest BCUT2D eigenvalue weighted by molar-refractivity contribution is -0.121. The zero-order valence-corrected chi connectivity index (χ0v) is 18.0. The molecule has 1 fully saturated rings. The molecule has 160 valence electrons. The van der Waals surface area contributed by atoms with E-state index in [0.717, 1.165) is 48.7 Å². The predicted molar refractivity (Wildman–Crippen MR) is 125 cm³/mol. The van der Waals surface area contributed by atoms with Crippen LogP contribution in [0.5, 0.6) is 0 Å². The van der Waals surface area contributed by atoms with Crippen molar-refractivity contribution in [1.82, 2.24) is 4.98 Å². The molecule has 4 heteroatoms. The average Bonchev–Trinajstić information content (AvgIpc) is 2.80. The third kappa shape index (κ3) is 4.84. The van der Waals surface area contributed by atoms with Crippen molar-refractivity contribution in [3.8, 4) is 0 Å². The monoisotopic (exact) mass is 416 g/mol. The number of rotatable bonds is 6. The quantitative estimate of drug-likeness (QED) is 0.457. The zero-order chi connectivity index (χ0) is 21.8. The second-order valence-corrected chi connectivity index (χ2v) is 8.64. The molecular formula is C27H29FN2O. The normalized spacial score (nSPS) is 19.7. The molecule has 3 aromatic rings. The number of carbonyl (C=O) groups is 1. The molecule has 0 bridgehead atoms. The Balaban J connectivity index is 1.37. The van der Waals surface area contributed by atoms with Gasteiger partial charge in [0.25, 0.3) is 0 Å². The standard InChI is InChI=1S/C27H29FN2O/c1-3-4-19-5-12-23(13-6-19)30-27(31)18(2)20-7-9-21(10-8-20)24-15-16-29-26-14-11-22(28)17-25(24)26/h3,5-6,11-18,20-21H,1,4,7-10H2,2H3,(H,30,31). The average molecular weight is 417 g/mol. The van der Waals surface area contributed by atoms with E-state index in [1.165, 1.54) is 17.2 Å². The minimum absolute atomic E-state index is 0.0413. The summed E-state index contributed by atoms with van der Waals surface area (Å²) in [4.78, 5) is 17.2. The number of halogens is 1. The van der Waals surface area contributed by atoms with Crippen molar-refractivity contribution in [3.05, 3.63) is 84.3 Å². The Kier molecular flexibility index (Phi) is 6.45. The van der Waals surface area contributed by atoms with Gasteiger partial charge in [-0.05, 0) is 91.5 Å². The predicted octanol–water partition coefficient (Wildman–Crippen LogP) is 6.65. The van der Waals surface area contributed by atoms with Gasteiger partial charge >= 0.3 is 0 Å². The summed E-state index contributed by atoms with van der Waals surface area (Å²) in [6.45, 7) is 5.79. The Morgan fingerprint density at radius 3 is 2.61 bits per heavy atom. The zero-order valence-electron chi connectivity index (χ0n) is 18.0. The summed E-state index contributed by atoms with van der Waals surface area (Å²) >= 11 is 0. The van der Waals surface area contributed by atoms with Crippen LogP contribution in [0, 0.1) is 17.7 Å². The summed E-state index contributed by atoms with van der Waals surface area (Å²) < 4.78 is 13.8. The van der Waals surface area contributed by atoms with Crippen molar-refractivity contribution in [3.63, 3.8) is 0 Å². The molecule has 1 amide bonds. The molecule has 0 spiro atoms. The van der Waals surface area contributed by atoms with Crippen LogP contribution in [0.4, 0.5) is 10.1 Å². The van der Waals surface area contributed by atoms with Gasteiger partial charge in [-0.15, -0.1) is 6.58 Å². The lowest BCUT2D eigenvalue weighted by Crippen LogP contribution is -2.29. The first-order valence-corrected chi connectivity index (χ1v) is 11.1. The highest BCUT2D eigenvalue weighted by molar-refractivity contribution is 5.92. The lowest BCUT2D eigenvalue weighted by atomic mass is 9.73. The van der Waals surface area contributed by atoms with E-state index in [2.05, 4.69) is 16.9 Å². The lowest BCUT2D eigenvalue weighted by Gasteiger charge is -2.32. The van der Waals surface area contributed by atoms with Crippen molar-refractivity contribution in [2.75, 3.05) is 5.32 Å². The van der Waals surface area contributed by atoms with E-state index < -0.39 is 0 Å². The number of aromatic nitrogens is 1. The number of benzene rings is 2. The number of allylic oxidation sites excluding steroid dienone is 1. The van der Waals surface area contributed by atoms with Gasteiger partial charge in [-0.2, -0.15) is 0 Å². The maximum Gasteiger partial charge on any atom is 0.227 e. The first kappa shape index (κ1) is 21.2. The van der Waals surface area contributed by atoms with E-state index in [9.17, 15) is 9.18 Å². The van der Waals surface area contributed by atoms with Gasteiger partial charge in [-0.1, -0.05) is 25.1 Å². The van der Waals surface area contributed by atoms with E-state index in [1.54, 1.807) is 12.1 Å². The smallest absolute Gasteiger partial charge is 0.227 e. The Bertz CT molecular complexity index is 1070. The Hall–Kier alpha value is -3.01. The summed E-state index contributed by atoms with van der Waals surface area (Å²) in [5.41, 5.74) is 4.04. The van der Waals surface area contributed by atoms with Crippen LogP contribution in [-0.2, 0) is 11.2 Å². The molecule has 0 aliphatic heterocycles. The topological polar surface area (TPSA) is 42.0 Å². The minimum Gasteiger partial charge on any atom is -0.326 e. The van der Waals surface area contributed by atoms with E-state index in [1.807, 2.05) is 49.5 Å². The van der Waals surface area contributed by atoms with E-state index >= 15 is 0 Å². The van der Waals surface area contributed by atoms with Crippen LogP contribution in [0.3, 0.4) is 0 Å². The first-order valence-electron chi connectivity index (χ1n) is 11.1. The van der Waals surface area contributed by atoms with E-state index in [4.69, 9.17) is 0 Å². The Morgan fingerprint density at radius 2 is 1.90 bits per heavy atom. The third-order valence-corrected chi connectivity index (χ3v) is 6.67. The van der Waals surface area contributed by atoms with Crippen molar-refractivity contribution in [1.29, 1.82) is 0 Å². The molecule has 1 unspecified atom stereocenters. The number of amides is 1. The van der Waals surface area contributed by atoms with Crippen LogP contribution in [0.2, 0.25) is 0 Å². The first-order chi connectivity index (χ1) is 15.0. The summed E-state index contributed by atoms with van der Waals surface area (Å²) in [5, 5.41) is 3.98. The number of nitrogens with zero attached hydrogens (tertiary/aromatic N) is 1. The van der Waals surface area contributed by atoms with Crippen LogP contribution in [0.25, 0.3) is 10.9 Å². The fourth-order valence-electron chi connectivity index (χ4n) is 4.79. The number of anilines is 1. The minimum atomic E-state index is -0.224. The largest absolute Gasteiger partial charge is 0.326 e. The molecule has 1 aliphatic carbocycles. The molecule has 4 rings (SSSR count). The molecule has 0 radical (unpaired) electrons. The van der Waals surface area contributed by atoms with Crippen molar-refractivity contribution >= 4 is 22.5 Å². The van der Waals surface area contributed by atoms with Crippen LogP contribution >= 0.6 is 0 Å². The molecule has 31 heavy (non-hydrogen) atoms. The summed E-state index contributed by atoms with van der Waals surface area (Å²) in [7, 11) is 0. The Labute approximate surface area is 183 Å². The fourth-order valence-corrected chi connectivity index (χ4v) is 4.79. The second-order valence-electron chi connectivity index (χ2n) is 8.64. The number of fused-ring (bicyclic) bond motifs is 1. The van der Waals surface area contributed by atoms with Gasteiger partial charge in [-0.3, -0.25) is 9.78 Å². The van der Waals surface area contributed by atoms with Crippen LogP contribution in [0.15, 0.2) is 67.4 Å². The summed E-state index contributed by atoms with van der Waals surface area (Å²) in [6, 6.07) is 14.8. The number of hydrogen-bond donors (Lipinski definition) is 1. The van der Waals surface area contributed by atoms with Crippen molar-refractivity contribution in [2.24, 2.45) is 11.8 Å². The molecule has 1 aromatic heterocycles. The van der Waals surface area contributed by atoms with Gasteiger partial charge in [0, 0.05) is 23.2 Å². The van der Waals surface area contributed by atoms with Crippen molar-refractivity contribution in [2.45, 2.75) is 44.9 Å². The van der Waals surface area contributed by atoms with E-state index in [0.29, 0.717) is 11.8 Å². The molecule has 0 saturated heterocycles. The van der Waals surface area contributed by atoms with Crippen molar-refractivity contribution < 1.29 is 9.18 Å². The number of nitrogens with one attached hydrogen (secondary N) is 1. The highest BCUT2D eigenvalue weighted by Gasteiger charge is 2.30. The third-order valence-electron chi connectivity index (χ3n) is 6.67. The maximum absolute atomic E-state index is 13.8. The molecule has 2 aromatic carbocycles. The number of carbonyl (C=O) groups excluding carboxylic acids is 1. The molecular weight excluding hydrogens is 387 g/mol. The molecule has 1 saturated carbocycles. The van der Waals surface area contributed by atoms with Gasteiger partial charge in [0.1, 0.15) is 5.82 Å². The molecule has 1 heterocycles. The SMILES string of the molecule is C=CCc1ccc(NC(=O)C(C)C2CCC(c3ccnc4ccc(F)cc34)CC2)cc1. The fraction of sp³-hybridized carbons (Fsp3) is 0.333. The van der Waals surface area contributed by atoms with Crippen LogP contribution in [0.1, 0.15) is 49.7 Å². The molecule has 1 aliphatic rings. The highest BCUT2D eigenvalue weighted by Crippen LogP contribution is 2.41. The van der Waals surface area contributed by atoms with Crippen LogP contribution in [-0.4, -0.2) is 10.9 Å². The second kappa shape index (κ2) is 9.42. The summed E-state index contributed by atoms with van der Waals surface area (Å²) in [6.07, 6.45) is 8.53. The number of hydrogen-bond acceptors (Lipinski definition) is 2. The van der Waals surface area contributed by atoms with Gasteiger partial charge < -0.3 is 5.32 Å². The van der Waals surface area contributed by atoms with Gasteiger partial charge in [-0.25, -0.2) is 4.39 Å². The van der Waals surface area contributed by atoms with Crippen LogP contribution < -0.4 is 5.32 Å². The van der Waals surface area contributed by atoms with Gasteiger partial charge in [0.15, 0.2) is 0 Å².